The van der Waals surface area contributed by atoms with Crippen molar-refractivity contribution in [2.24, 2.45) is 0 Å². The molecule has 0 aromatic carbocycles. The highest BCUT2D eigenvalue weighted by atomic mass is 16.2. The van der Waals surface area contributed by atoms with Crippen molar-refractivity contribution in [2.75, 3.05) is 0 Å². The minimum absolute atomic E-state index is 0.163. The third-order valence-electron chi connectivity index (χ3n) is 3.72. The number of hydrogen-bond donors (Lipinski definition) is 0. The van der Waals surface area contributed by atoms with Crippen LogP contribution in [-0.4, -0.2) is 37.7 Å². The highest BCUT2D eigenvalue weighted by Gasteiger charge is 2.40. The van der Waals surface area contributed by atoms with Crippen LogP contribution in [0.4, 0.5) is 0 Å². The summed E-state index contributed by atoms with van der Waals surface area (Å²) >= 11 is 0. The molecule has 1 aromatic rings. The molecule has 5 nitrogen and oxygen atoms in total. The van der Waals surface area contributed by atoms with Crippen molar-refractivity contribution in [3.63, 3.8) is 0 Å². The van der Waals surface area contributed by atoms with Crippen molar-refractivity contribution in [1.29, 1.82) is 0 Å². The number of carbonyl (C=O) groups is 1. The van der Waals surface area contributed by atoms with Crippen molar-refractivity contribution >= 4 is 5.91 Å². The molecule has 17 heavy (non-hydrogen) atoms. The van der Waals surface area contributed by atoms with Gasteiger partial charge in [-0.3, -0.25) is 4.79 Å². The Balaban J connectivity index is 1.72. The van der Waals surface area contributed by atoms with Crippen LogP contribution in [0.15, 0.2) is 24.8 Å². The first-order chi connectivity index (χ1) is 8.24. The predicted octanol–water partition coefficient (Wildman–Crippen LogP) is 0.988. The monoisotopic (exact) mass is 232 g/mol. The molecule has 2 saturated heterocycles. The molecule has 5 heteroatoms. The summed E-state index contributed by atoms with van der Waals surface area (Å²) in [5.41, 5.74) is 1.29. The summed E-state index contributed by atoms with van der Waals surface area (Å²) in [5.74, 6) is 0.163. The molecule has 0 saturated carbocycles. The van der Waals surface area contributed by atoms with E-state index in [2.05, 4.69) is 21.6 Å². The Morgan fingerprint density at radius 3 is 2.71 bits per heavy atom. The van der Waals surface area contributed by atoms with E-state index >= 15 is 0 Å². The first-order valence-corrected chi connectivity index (χ1v) is 6.04. The maximum atomic E-state index is 12.2. The standard InChI is InChI=1S/C12H16N4O/c1-9-4-10-2-3-11(5-9)16(10)12(17)6-15-8-13-7-14-15/h7-8,10-11H,1-6H2. The van der Waals surface area contributed by atoms with Gasteiger partial charge in [-0.05, 0) is 25.7 Å². The van der Waals surface area contributed by atoms with Crippen LogP contribution in [0.5, 0.6) is 0 Å². The van der Waals surface area contributed by atoms with Crippen LogP contribution >= 0.6 is 0 Å². The Bertz CT molecular complexity index is 423. The summed E-state index contributed by atoms with van der Waals surface area (Å²) in [6.07, 6.45) is 7.22. The molecule has 2 unspecified atom stereocenters. The number of carbonyl (C=O) groups excluding carboxylic acids is 1. The molecule has 2 aliphatic rings. The second-order valence-electron chi connectivity index (χ2n) is 4.94. The van der Waals surface area contributed by atoms with Crippen LogP contribution in [0.3, 0.4) is 0 Å². The van der Waals surface area contributed by atoms with E-state index in [0.29, 0.717) is 18.6 Å². The molecule has 3 rings (SSSR count). The molecule has 0 radical (unpaired) electrons. The number of fused-ring (bicyclic) bond motifs is 2. The van der Waals surface area contributed by atoms with Crippen molar-refractivity contribution in [1.82, 2.24) is 19.7 Å². The van der Waals surface area contributed by atoms with Gasteiger partial charge in [-0.2, -0.15) is 5.10 Å². The molecule has 0 aliphatic carbocycles. The maximum absolute atomic E-state index is 12.2. The molecule has 3 heterocycles. The van der Waals surface area contributed by atoms with Crippen LogP contribution in [-0.2, 0) is 11.3 Å². The molecular formula is C12H16N4O. The first kappa shape index (κ1) is 10.5. The average molecular weight is 232 g/mol. The van der Waals surface area contributed by atoms with E-state index in [0.717, 1.165) is 25.7 Å². The zero-order chi connectivity index (χ0) is 11.8. The number of piperidine rings is 1. The number of nitrogens with zero attached hydrogens (tertiary/aromatic N) is 4. The quantitative estimate of drug-likeness (QED) is 0.714. The maximum Gasteiger partial charge on any atom is 0.244 e. The van der Waals surface area contributed by atoms with Gasteiger partial charge in [0.1, 0.15) is 19.2 Å². The van der Waals surface area contributed by atoms with E-state index in [1.165, 1.54) is 11.9 Å². The highest BCUT2D eigenvalue weighted by Crippen LogP contribution is 2.37. The Kier molecular flexibility index (Phi) is 2.46. The Morgan fingerprint density at radius 2 is 2.12 bits per heavy atom. The number of amides is 1. The SMILES string of the molecule is C=C1CC2CCC(C1)N2C(=O)Cn1cncn1. The summed E-state index contributed by atoms with van der Waals surface area (Å²) in [5, 5.41) is 3.98. The van der Waals surface area contributed by atoms with Crippen LogP contribution in [0, 0.1) is 0 Å². The molecule has 0 N–H and O–H groups in total. The lowest BCUT2D eigenvalue weighted by molar-refractivity contribution is -0.135. The Hall–Kier alpha value is -1.65. The Morgan fingerprint density at radius 1 is 1.41 bits per heavy atom. The fourth-order valence-electron chi connectivity index (χ4n) is 3.05. The number of aromatic nitrogens is 3. The molecule has 1 amide bonds. The van der Waals surface area contributed by atoms with Gasteiger partial charge < -0.3 is 4.90 Å². The normalized spacial score (nSPS) is 27.5. The lowest BCUT2D eigenvalue weighted by Gasteiger charge is -2.35. The van der Waals surface area contributed by atoms with Gasteiger partial charge in [0.15, 0.2) is 0 Å². The van der Waals surface area contributed by atoms with Crippen molar-refractivity contribution in [3.05, 3.63) is 24.8 Å². The molecule has 2 bridgehead atoms. The van der Waals surface area contributed by atoms with Gasteiger partial charge in [-0.15, -0.1) is 0 Å². The van der Waals surface area contributed by atoms with E-state index in [9.17, 15) is 4.79 Å². The minimum Gasteiger partial charge on any atom is -0.334 e. The van der Waals surface area contributed by atoms with Crippen LogP contribution in [0.2, 0.25) is 0 Å². The molecular weight excluding hydrogens is 216 g/mol. The van der Waals surface area contributed by atoms with E-state index in [-0.39, 0.29) is 5.91 Å². The second-order valence-corrected chi connectivity index (χ2v) is 4.94. The lowest BCUT2D eigenvalue weighted by atomic mass is 9.98. The topological polar surface area (TPSA) is 51.0 Å². The van der Waals surface area contributed by atoms with Crippen LogP contribution in [0.1, 0.15) is 25.7 Å². The predicted molar refractivity (Wildman–Crippen MR) is 62.1 cm³/mol. The minimum atomic E-state index is 0.163. The Labute approximate surface area is 100 Å². The van der Waals surface area contributed by atoms with Gasteiger partial charge in [0.25, 0.3) is 0 Å². The third-order valence-corrected chi connectivity index (χ3v) is 3.72. The van der Waals surface area contributed by atoms with Crippen molar-refractivity contribution in [3.8, 4) is 0 Å². The molecule has 90 valence electrons. The van der Waals surface area contributed by atoms with Gasteiger partial charge >= 0.3 is 0 Å². The lowest BCUT2D eigenvalue weighted by Crippen LogP contribution is -2.46. The summed E-state index contributed by atoms with van der Waals surface area (Å²) in [6.45, 7) is 4.36. The summed E-state index contributed by atoms with van der Waals surface area (Å²) in [7, 11) is 0. The summed E-state index contributed by atoms with van der Waals surface area (Å²) < 4.78 is 1.59. The highest BCUT2D eigenvalue weighted by molar-refractivity contribution is 5.77. The van der Waals surface area contributed by atoms with E-state index < -0.39 is 0 Å². The fraction of sp³-hybridized carbons (Fsp3) is 0.583. The smallest absolute Gasteiger partial charge is 0.244 e. The van der Waals surface area contributed by atoms with Crippen molar-refractivity contribution < 1.29 is 4.79 Å². The molecule has 2 aliphatic heterocycles. The summed E-state index contributed by atoms with van der Waals surface area (Å²) in [4.78, 5) is 18.1. The largest absolute Gasteiger partial charge is 0.334 e. The van der Waals surface area contributed by atoms with Crippen molar-refractivity contribution in [2.45, 2.75) is 44.3 Å². The summed E-state index contributed by atoms with van der Waals surface area (Å²) in [6, 6.07) is 0.745. The van der Waals surface area contributed by atoms with Gasteiger partial charge in [-0.25, -0.2) is 9.67 Å². The van der Waals surface area contributed by atoms with Crippen LogP contribution < -0.4 is 0 Å². The second kappa shape index (κ2) is 3.98. The van der Waals surface area contributed by atoms with Gasteiger partial charge in [0.2, 0.25) is 5.91 Å². The molecule has 1 aromatic heterocycles. The van der Waals surface area contributed by atoms with E-state index in [1.807, 2.05) is 0 Å². The van der Waals surface area contributed by atoms with E-state index in [1.54, 1.807) is 11.0 Å². The number of rotatable bonds is 2. The molecule has 0 spiro atoms. The van der Waals surface area contributed by atoms with Gasteiger partial charge in [0.05, 0.1) is 0 Å². The van der Waals surface area contributed by atoms with Gasteiger partial charge in [0, 0.05) is 12.1 Å². The zero-order valence-electron chi connectivity index (χ0n) is 9.75. The first-order valence-electron chi connectivity index (χ1n) is 6.04. The molecule has 2 fully saturated rings. The zero-order valence-corrected chi connectivity index (χ0v) is 9.75. The van der Waals surface area contributed by atoms with Crippen LogP contribution in [0.25, 0.3) is 0 Å². The van der Waals surface area contributed by atoms with Gasteiger partial charge in [-0.1, -0.05) is 12.2 Å². The molecule has 2 atom stereocenters. The third kappa shape index (κ3) is 1.85. The fourth-order valence-corrected chi connectivity index (χ4v) is 3.05. The average Bonchev–Trinajstić information content (AvgIpc) is 2.86. The van der Waals surface area contributed by atoms with E-state index in [4.69, 9.17) is 0 Å². The number of hydrogen-bond acceptors (Lipinski definition) is 3.